The molecule has 0 heterocycles. The van der Waals surface area contributed by atoms with Gasteiger partial charge < -0.3 is 20.7 Å². The highest BCUT2D eigenvalue weighted by molar-refractivity contribution is 5.94. The molecule has 0 radical (unpaired) electrons. The zero-order valence-corrected chi connectivity index (χ0v) is 14.9. The van der Waals surface area contributed by atoms with Crippen molar-refractivity contribution in [2.45, 2.75) is 19.9 Å². The van der Waals surface area contributed by atoms with Gasteiger partial charge in [0, 0.05) is 11.3 Å². The molecule has 2 rings (SSSR count). The Bertz CT molecular complexity index is 778. The second-order valence-corrected chi connectivity index (χ2v) is 5.85. The SMILES string of the molecule is COc1ccc(C)cc1C(C)NC(=O)NCC(=O)Nc1ccc(F)cc1. The molecule has 0 fully saturated rings. The predicted molar refractivity (Wildman–Crippen MR) is 97.7 cm³/mol. The minimum absolute atomic E-state index is 0.207. The Morgan fingerprint density at radius 2 is 1.85 bits per heavy atom. The van der Waals surface area contributed by atoms with Crippen molar-refractivity contribution in [1.29, 1.82) is 0 Å². The molecule has 3 N–H and O–H groups in total. The van der Waals surface area contributed by atoms with E-state index >= 15 is 0 Å². The topological polar surface area (TPSA) is 79.5 Å². The molecule has 138 valence electrons. The molecule has 7 heteroatoms. The van der Waals surface area contributed by atoms with E-state index < -0.39 is 11.9 Å². The average Bonchev–Trinajstić information content (AvgIpc) is 2.62. The van der Waals surface area contributed by atoms with Gasteiger partial charge in [0.1, 0.15) is 11.6 Å². The van der Waals surface area contributed by atoms with Crippen LogP contribution in [-0.2, 0) is 4.79 Å². The lowest BCUT2D eigenvalue weighted by atomic mass is 10.0. The highest BCUT2D eigenvalue weighted by Gasteiger charge is 2.15. The van der Waals surface area contributed by atoms with Crippen LogP contribution in [0, 0.1) is 12.7 Å². The number of benzene rings is 2. The molecule has 3 amide bonds. The van der Waals surface area contributed by atoms with Crippen LogP contribution in [0.15, 0.2) is 42.5 Å². The highest BCUT2D eigenvalue weighted by atomic mass is 19.1. The van der Waals surface area contributed by atoms with Crippen LogP contribution in [0.2, 0.25) is 0 Å². The van der Waals surface area contributed by atoms with Crippen LogP contribution in [0.1, 0.15) is 24.1 Å². The van der Waals surface area contributed by atoms with Crippen LogP contribution >= 0.6 is 0 Å². The molecule has 0 aliphatic heterocycles. The van der Waals surface area contributed by atoms with Crippen molar-refractivity contribution in [3.05, 3.63) is 59.4 Å². The summed E-state index contributed by atoms with van der Waals surface area (Å²) in [5.41, 5.74) is 2.35. The van der Waals surface area contributed by atoms with Gasteiger partial charge in [-0.3, -0.25) is 4.79 Å². The largest absolute Gasteiger partial charge is 0.496 e. The van der Waals surface area contributed by atoms with E-state index in [4.69, 9.17) is 4.74 Å². The summed E-state index contributed by atoms with van der Waals surface area (Å²) in [6.07, 6.45) is 0. The van der Waals surface area contributed by atoms with Crippen molar-refractivity contribution < 1.29 is 18.7 Å². The van der Waals surface area contributed by atoms with Crippen LogP contribution in [0.5, 0.6) is 5.75 Å². The summed E-state index contributed by atoms with van der Waals surface area (Å²) < 4.78 is 18.1. The molecule has 1 atom stereocenters. The monoisotopic (exact) mass is 359 g/mol. The Morgan fingerprint density at radius 1 is 1.15 bits per heavy atom. The third kappa shape index (κ3) is 5.47. The zero-order chi connectivity index (χ0) is 19.1. The number of nitrogens with one attached hydrogen (secondary N) is 3. The van der Waals surface area contributed by atoms with Gasteiger partial charge in [-0.1, -0.05) is 17.7 Å². The van der Waals surface area contributed by atoms with E-state index in [1.807, 2.05) is 32.0 Å². The minimum Gasteiger partial charge on any atom is -0.496 e. The second-order valence-electron chi connectivity index (χ2n) is 5.85. The summed E-state index contributed by atoms with van der Waals surface area (Å²) in [6, 6.07) is 10.3. The fraction of sp³-hybridized carbons (Fsp3) is 0.263. The van der Waals surface area contributed by atoms with Gasteiger partial charge in [-0.15, -0.1) is 0 Å². The summed E-state index contributed by atoms with van der Waals surface area (Å²) in [7, 11) is 1.57. The van der Waals surface area contributed by atoms with Gasteiger partial charge in [-0.2, -0.15) is 0 Å². The molecule has 6 nitrogen and oxygen atoms in total. The summed E-state index contributed by atoms with van der Waals surface area (Å²) in [5, 5.41) is 7.82. The van der Waals surface area contributed by atoms with Crippen molar-refractivity contribution in [2.75, 3.05) is 19.0 Å². The minimum atomic E-state index is -0.477. The standard InChI is InChI=1S/C19H22FN3O3/c1-12-4-9-17(26-3)16(10-12)13(2)22-19(25)21-11-18(24)23-15-7-5-14(20)6-8-15/h4-10,13H,11H2,1-3H3,(H,23,24)(H2,21,22,25). The first-order chi connectivity index (χ1) is 12.4. The maximum Gasteiger partial charge on any atom is 0.315 e. The van der Waals surface area contributed by atoms with E-state index in [1.165, 1.54) is 24.3 Å². The molecule has 26 heavy (non-hydrogen) atoms. The lowest BCUT2D eigenvalue weighted by molar-refractivity contribution is -0.115. The molecule has 0 saturated heterocycles. The fourth-order valence-corrected chi connectivity index (χ4v) is 2.42. The Hall–Kier alpha value is -3.09. The number of hydrogen-bond donors (Lipinski definition) is 3. The smallest absolute Gasteiger partial charge is 0.315 e. The lowest BCUT2D eigenvalue weighted by Crippen LogP contribution is -2.41. The van der Waals surface area contributed by atoms with Crippen LogP contribution in [0.25, 0.3) is 0 Å². The molecule has 2 aromatic carbocycles. The molecule has 0 bridgehead atoms. The van der Waals surface area contributed by atoms with E-state index in [1.54, 1.807) is 7.11 Å². The summed E-state index contributed by atoms with van der Waals surface area (Å²) >= 11 is 0. The molecule has 0 aromatic heterocycles. The van der Waals surface area contributed by atoms with Gasteiger partial charge in [-0.25, -0.2) is 9.18 Å². The maximum atomic E-state index is 12.8. The van der Waals surface area contributed by atoms with Crippen molar-refractivity contribution in [1.82, 2.24) is 10.6 Å². The number of halogens is 1. The number of amides is 3. The number of ether oxygens (including phenoxy) is 1. The molecule has 0 aliphatic rings. The Labute approximate surface area is 151 Å². The van der Waals surface area contributed by atoms with Crippen molar-refractivity contribution in [3.8, 4) is 5.75 Å². The van der Waals surface area contributed by atoms with Gasteiger partial charge in [0.2, 0.25) is 5.91 Å². The van der Waals surface area contributed by atoms with Crippen molar-refractivity contribution >= 4 is 17.6 Å². The molecule has 1 unspecified atom stereocenters. The van der Waals surface area contributed by atoms with Crippen molar-refractivity contribution in [3.63, 3.8) is 0 Å². The zero-order valence-electron chi connectivity index (χ0n) is 14.9. The number of anilines is 1. The van der Waals surface area contributed by atoms with Gasteiger partial charge in [0.15, 0.2) is 0 Å². The quantitative estimate of drug-likeness (QED) is 0.741. The first kappa shape index (κ1) is 19.2. The third-order valence-corrected chi connectivity index (χ3v) is 3.74. The second kappa shape index (κ2) is 8.84. The molecular formula is C19H22FN3O3. The van der Waals surface area contributed by atoms with Gasteiger partial charge in [0.25, 0.3) is 0 Å². The number of methoxy groups -OCH3 is 1. The molecule has 0 saturated carbocycles. The number of carbonyl (C=O) groups excluding carboxylic acids is 2. The average molecular weight is 359 g/mol. The Morgan fingerprint density at radius 3 is 2.50 bits per heavy atom. The van der Waals surface area contributed by atoms with E-state index in [0.717, 1.165) is 11.1 Å². The third-order valence-electron chi connectivity index (χ3n) is 3.74. The molecular weight excluding hydrogens is 337 g/mol. The lowest BCUT2D eigenvalue weighted by Gasteiger charge is -2.18. The Kier molecular flexibility index (Phi) is 6.54. The van der Waals surface area contributed by atoms with Gasteiger partial charge >= 0.3 is 6.03 Å². The number of rotatable bonds is 6. The van der Waals surface area contributed by atoms with Crippen LogP contribution in [0.3, 0.4) is 0 Å². The number of aryl methyl sites for hydroxylation is 1. The summed E-state index contributed by atoms with van der Waals surface area (Å²) in [6.45, 7) is 3.58. The van der Waals surface area contributed by atoms with E-state index in [0.29, 0.717) is 11.4 Å². The van der Waals surface area contributed by atoms with Gasteiger partial charge in [-0.05, 0) is 44.2 Å². The summed E-state index contributed by atoms with van der Waals surface area (Å²) in [5.74, 6) is -0.119. The van der Waals surface area contributed by atoms with Crippen LogP contribution in [0.4, 0.5) is 14.9 Å². The molecule has 0 spiro atoms. The predicted octanol–water partition coefficient (Wildman–Crippen LogP) is 3.14. The molecule has 2 aromatic rings. The highest BCUT2D eigenvalue weighted by Crippen LogP contribution is 2.25. The van der Waals surface area contributed by atoms with Crippen LogP contribution < -0.4 is 20.7 Å². The summed E-state index contributed by atoms with van der Waals surface area (Å²) in [4.78, 5) is 23.9. The Balaban J connectivity index is 1.85. The van der Waals surface area contributed by atoms with Crippen molar-refractivity contribution in [2.24, 2.45) is 0 Å². The maximum absolute atomic E-state index is 12.8. The van der Waals surface area contributed by atoms with E-state index in [2.05, 4.69) is 16.0 Å². The normalized spacial score (nSPS) is 11.4. The fourth-order valence-electron chi connectivity index (χ4n) is 2.42. The molecule has 0 aliphatic carbocycles. The first-order valence-electron chi connectivity index (χ1n) is 8.13. The number of hydrogen-bond acceptors (Lipinski definition) is 3. The number of urea groups is 1. The van der Waals surface area contributed by atoms with E-state index in [9.17, 15) is 14.0 Å². The first-order valence-corrected chi connectivity index (χ1v) is 8.13. The van der Waals surface area contributed by atoms with Gasteiger partial charge in [0.05, 0.1) is 19.7 Å². The van der Waals surface area contributed by atoms with E-state index in [-0.39, 0.29) is 18.4 Å². The number of carbonyl (C=O) groups is 2. The van der Waals surface area contributed by atoms with Crippen LogP contribution in [-0.4, -0.2) is 25.6 Å².